The van der Waals surface area contributed by atoms with Crippen LogP contribution < -0.4 is 15.4 Å². The Bertz CT molecular complexity index is 468. The first-order valence-corrected chi connectivity index (χ1v) is 6.49. The van der Waals surface area contributed by atoms with Crippen molar-refractivity contribution < 1.29 is 14.3 Å². The van der Waals surface area contributed by atoms with E-state index < -0.39 is 6.09 Å². The molecule has 0 radical (unpaired) electrons. The van der Waals surface area contributed by atoms with Gasteiger partial charge in [0.1, 0.15) is 5.75 Å². The quantitative estimate of drug-likeness (QED) is 0.879. The van der Waals surface area contributed by atoms with Crippen LogP contribution in [0.25, 0.3) is 0 Å². The van der Waals surface area contributed by atoms with Crippen LogP contribution in [0.2, 0.25) is 0 Å². The third-order valence-electron chi connectivity index (χ3n) is 3.24. The molecule has 1 fully saturated rings. The Labute approximate surface area is 112 Å². The van der Waals surface area contributed by atoms with E-state index in [2.05, 4.69) is 10.6 Å². The zero-order valence-corrected chi connectivity index (χ0v) is 10.9. The van der Waals surface area contributed by atoms with Crippen LogP contribution in [0.4, 0.5) is 10.5 Å². The maximum atomic E-state index is 12.0. The fraction of sp³-hybridized carbons (Fsp3) is 0.429. The molecule has 0 bridgehead atoms. The molecule has 19 heavy (non-hydrogen) atoms. The third kappa shape index (κ3) is 3.71. The lowest BCUT2D eigenvalue weighted by Gasteiger charge is -2.11. The van der Waals surface area contributed by atoms with E-state index in [1.54, 1.807) is 24.3 Å². The topological polar surface area (TPSA) is 67.4 Å². The summed E-state index contributed by atoms with van der Waals surface area (Å²) in [5.74, 6) is 0.571. The van der Waals surface area contributed by atoms with Gasteiger partial charge in [-0.05, 0) is 25.0 Å². The van der Waals surface area contributed by atoms with Gasteiger partial charge in [0, 0.05) is 24.7 Å². The lowest BCUT2D eigenvalue weighted by molar-refractivity contribution is -0.119. The summed E-state index contributed by atoms with van der Waals surface area (Å²) in [7, 11) is 1.49. The summed E-state index contributed by atoms with van der Waals surface area (Å²) < 4.78 is 5.01. The molecule has 5 nitrogen and oxygen atoms in total. The SMILES string of the molecule is CNC(=O)Oc1cccc(NC(=O)C2CCCC2)c1. The molecule has 0 spiro atoms. The molecule has 1 aromatic rings. The Morgan fingerprint density at radius 3 is 2.68 bits per heavy atom. The Morgan fingerprint density at radius 2 is 2.00 bits per heavy atom. The lowest BCUT2D eigenvalue weighted by atomic mass is 10.1. The average Bonchev–Trinajstić information content (AvgIpc) is 2.93. The predicted molar refractivity (Wildman–Crippen MR) is 72.1 cm³/mol. The highest BCUT2D eigenvalue weighted by Crippen LogP contribution is 2.26. The van der Waals surface area contributed by atoms with Gasteiger partial charge in [0.25, 0.3) is 0 Å². The molecule has 0 saturated heterocycles. The molecule has 0 aromatic heterocycles. The van der Waals surface area contributed by atoms with E-state index in [4.69, 9.17) is 4.74 Å². The van der Waals surface area contributed by atoms with Crippen LogP contribution in [-0.4, -0.2) is 19.0 Å². The van der Waals surface area contributed by atoms with Crippen LogP contribution in [0.3, 0.4) is 0 Å². The van der Waals surface area contributed by atoms with Crippen molar-refractivity contribution in [3.05, 3.63) is 24.3 Å². The van der Waals surface area contributed by atoms with Crippen molar-refractivity contribution in [3.63, 3.8) is 0 Å². The summed E-state index contributed by atoms with van der Waals surface area (Å²) in [6.07, 6.45) is 3.63. The number of rotatable bonds is 3. The molecule has 0 atom stereocenters. The highest BCUT2D eigenvalue weighted by molar-refractivity contribution is 5.92. The number of carbonyl (C=O) groups excluding carboxylic acids is 2. The summed E-state index contributed by atoms with van der Waals surface area (Å²) in [5.41, 5.74) is 0.651. The van der Waals surface area contributed by atoms with Crippen molar-refractivity contribution in [2.45, 2.75) is 25.7 Å². The molecule has 1 aliphatic rings. The maximum absolute atomic E-state index is 12.0. The Kier molecular flexibility index (Phi) is 4.39. The molecule has 2 rings (SSSR count). The summed E-state index contributed by atoms with van der Waals surface area (Å²) >= 11 is 0. The minimum atomic E-state index is -0.528. The zero-order valence-electron chi connectivity index (χ0n) is 10.9. The smallest absolute Gasteiger partial charge is 0.410 e. The highest BCUT2D eigenvalue weighted by Gasteiger charge is 2.22. The molecule has 0 heterocycles. The van der Waals surface area contributed by atoms with Gasteiger partial charge in [-0.15, -0.1) is 0 Å². The molecule has 2 amide bonds. The Morgan fingerprint density at radius 1 is 1.26 bits per heavy atom. The molecule has 0 aliphatic heterocycles. The van der Waals surface area contributed by atoms with Crippen LogP contribution in [0.1, 0.15) is 25.7 Å². The highest BCUT2D eigenvalue weighted by atomic mass is 16.5. The first-order valence-electron chi connectivity index (χ1n) is 6.49. The number of hydrogen-bond acceptors (Lipinski definition) is 3. The molecule has 0 unspecified atom stereocenters. The van der Waals surface area contributed by atoms with Gasteiger partial charge in [-0.2, -0.15) is 0 Å². The molecule has 1 aromatic carbocycles. The van der Waals surface area contributed by atoms with Gasteiger partial charge in [-0.1, -0.05) is 18.9 Å². The molecule has 1 saturated carbocycles. The predicted octanol–water partition coefficient (Wildman–Crippen LogP) is 2.53. The van der Waals surface area contributed by atoms with E-state index in [-0.39, 0.29) is 11.8 Å². The summed E-state index contributed by atoms with van der Waals surface area (Å²) in [6, 6.07) is 6.83. The minimum absolute atomic E-state index is 0.0505. The van der Waals surface area contributed by atoms with Gasteiger partial charge < -0.3 is 15.4 Å². The molecule has 102 valence electrons. The van der Waals surface area contributed by atoms with Crippen molar-refractivity contribution in [1.82, 2.24) is 5.32 Å². The van der Waals surface area contributed by atoms with Gasteiger partial charge in [0.2, 0.25) is 5.91 Å². The molecule has 5 heteroatoms. The average molecular weight is 262 g/mol. The molecular weight excluding hydrogens is 244 g/mol. The van der Waals surface area contributed by atoms with Crippen LogP contribution in [0, 0.1) is 5.92 Å². The Hall–Kier alpha value is -2.04. The van der Waals surface area contributed by atoms with Gasteiger partial charge in [0.15, 0.2) is 0 Å². The lowest BCUT2D eigenvalue weighted by Crippen LogP contribution is -2.22. The van der Waals surface area contributed by atoms with Crippen molar-refractivity contribution in [3.8, 4) is 5.75 Å². The van der Waals surface area contributed by atoms with Crippen LogP contribution in [-0.2, 0) is 4.79 Å². The number of anilines is 1. The fourth-order valence-electron chi connectivity index (χ4n) is 2.23. The van der Waals surface area contributed by atoms with Gasteiger partial charge in [-0.3, -0.25) is 4.79 Å². The zero-order chi connectivity index (χ0) is 13.7. The Balaban J connectivity index is 1.98. The second-order valence-corrected chi connectivity index (χ2v) is 4.64. The number of ether oxygens (including phenoxy) is 1. The molecule has 2 N–H and O–H groups in total. The fourth-order valence-corrected chi connectivity index (χ4v) is 2.23. The van der Waals surface area contributed by atoms with E-state index in [1.165, 1.54) is 7.05 Å². The van der Waals surface area contributed by atoms with Crippen LogP contribution in [0.5, 0.6) is 5.75 Å². The molecular formula is C14H18N2O3. The van der Waals surface area contributed by atoms with Gasteiger partial charge in [0.05, 0.1) is 0 Å². The van der Waals surface area contributed by atoms with E-state index >= 15 is 0 Å². The maximum Gasteiger partial charge on any atom is 0.412 e. The number of carbonyl (C=O) groups is 2. The van der Waals surface area contributed by atoms with Gasteiger partial charge >= 0.3 is 6.09 Å². The second kappa shape index (κ2) is 6.22. The van der Waals surface area contributed by atoms with Crippen molar-refractivity contribution in [2.75, 3.05) is 12.4 Å². The molecule has 1 aliphatic carbocycles. The third-order valence-corrected chi connectivity index (χ3v) is 3.24. The monoisotopic (exact) mass is 262 g/mol. The van der Waals surface area contributed by atoms with Gasteiger partial charge in [-0.25, -0.2) is 4.79 Å². The normalized spacial score (nSPS) is 15.0. The number of hydrogen-bond donors (Lipinski definition) is 2. The summed E-state index contributed by atoms with van der Waals surface area (Å²) in [5, 5.41) is 5.23. The largest absolute Gasteiger partial charge is 0.412 e. The van der Waals surface area contributed by atoms with E-state index in [9.17, 15) is 9.59 Å². The van der Waals surface area contributed by atoms with E-state index in [0.29, 0.717) is 11.4 Å². The number of nitrogens with one attached hydrogen (secondary N) is 2. The summed E-state index contributed by atoms with van der Waals surface area (Å²) in [6.45, 7) is 0. The van der Waals surface area contributed by atoms with Crippen LogP contribution >= 0.6 is 0 Å². The standard InChI is InChI=1S/C14H18N2O3/c1-15-14(18)19-12-8-4-7-11(9-12)16-13(17)10-5-2-3-6-10/h4,7-10H,2-3,5-6H2,1H3,(H,15,18)(H,16,17). The second-order valence-electron chi connectivity index (χ2n) is 4.64. The van der Waals surface area contributed by atoms with Crippen molar-refractivity contribution >= 4 is 17.7 Å². The minimum Gasteiger partial charge on any atom is -0.410 e. The first kappa shape index (κ1) is 13.4. The van der Waals surface area contributed by atoms with Crippen molar-refractivity contribution in [1.29, 1.82) is 0 Å². The number of benzene rings is 1. The summed E-state index contributed by atoms with van der Waals surface area (Å²) in [4.78, 5) is 23.1. The van der Waals surface area contributed by atoms with E-state index in [1.807, 2.05) is 0 Å². The van der Waals surface area contributed by atoms with E-state index in [0.717, 1.165) is 25.7 Å². The van der Waals surface area contributed by atoms with Crippen LogP contribution in [0.15, 0.2) is 24.3 Å². The first-order chi connectivity index (χ1) is 9.19. The van der Waals surface area contributed by atoms with Crippen molar-refractivity contribution in [2.24, 2.45) is 5.92 Å². The number of amides is 2.